The fourth-order valence-corrected chi connectivity index (χ4v) is 4.62. The molecule has 1 aliphatic heterocycles. The van der Waals surface area contributed by atoms with E-state index in [-0.39, 0.29) is 6.04 Å². The van der Waals surface area contributed by atoms with E-state index in [1.807, 2.05) is 19.9 Å². The summed E-state index contributed by atoms with van der Waals surface area (Å²) in [5.74, 6) is 0.401. The Hall–Kier alpha value is -0.910. The molecule has 0 amide bonds. The van der Waals surface area contributed by atoms with Crippen LogP contribution in [0, 0.1) is 12.8 Å². The largest absolute Gasteiger partial charge is 0.326 e. The maximum atomic E-state index is 12.8. The Kier molecular flexibility index (Phi) is 4.52. The molecule has 4 nitrogen and oxygen atoms in total. The minimum Gasteiger partial charge on any atom is -0.326 e. The lowest BCUT2D eigenvalue weighted by atomic mass is 9.94. The second-order valence-corrected chi connectivity index (χ2v) is 7.66. The van der Waals surface area contributed by atoms with Crippen molar-refractivity contribution in [2.45, 2.75) is 51.1 Å². The number of aryl methyl sites for hydroxylation is 1. The van der Waals surface area contributed by atoms with Crippen LogP contribution < -0.4 is 5.73 Å². The molecule has 2 unspecified atom stereocenters. The Morgan fingerprint density at radius 2 is 2.05 bits per heavy atom. The normalized spacial score (nSPS) is 24.8. The summed E-state index contributed by atoms with van der Waals surface area (Å²) in [5.41, 5.74) is 7.61. The van der Waals surface area contributed by atoms with Crippen LogP contribution in [-0.4, -0.2) is 25.3 Å². The van der Waals surface area contributed by atoms with E-state index in [0.29, 0.717) is 23.9 Å². The highest BCUT2D eigenvalue weighted by molar-refractivity contribution is 7.89. The van der Waals surface area contributed by atoms with Gasteiger partial charge in [-0.15, -0.1) is 0 Å². The minimum atomic E-state index is -3.42. The Balaban J connectivity index is 2.39. The maximum absolute atomic E-state index is 12.8. The molecule has 1 aromatic carbocycles. The third kappa shape index (κ3) is 2.75. The van der Waals surface area contributed by atoms with Crippen LogP contribution in [0.3, 0.4) is 0 Å². The second-order valence-electron chi connectivity index (χ2n) is 5.77. The fourth-order valence-electron chi connectivity index (χ4n) is 2.80. The Labute approximate surface area is 122 Å². The van der Waals surface area contributed by atoms with Crippen LogP contribution >= 0.6 is 0 Å². The predicted octanol–water partition coefficient (Wildman–Crippen LogP) is 2.26. The van der Waals surface area contributed by atoms with E-state index in [9.17, 15) is 8.42 Å². The lowest BCUT2D eigenvalue weighted by Crippen LogP contribution is -2.45. The highest BCUT2D eigenvalue weighted by Gasteiger charge is 2.34. The smallest absolute Gasteiger partial charge is 0.243 e. The summed E-state index contributed by atoms with van der Waals surface area (Å²) < 4.78 is 27.3. The summed E-state index contributed by atoms with van der Waals surface area (Å²) in [7, 11) is -3.42. The quantitative estimate of drug-likeness (QED) is 0.930. The molecule has 0 aromatic heterocycles. The monoisotopic (exact) mass is 296 g/mol. The molecule has 5 heteroatoms. The van der Waals surface area contributed by atoms with Crippen LogP contribution in [0.2, 0.25) is 0 Å². The average Bonchev–Trinajstić information content (AvgIpc) is 2.42. The van der Waals surface area contributed by atoms with Gasteiger partial charge in [0.15, 0.2) is 0 Å². The van der Waals surface area contributed by atoms with Gasteiger partial charge in [-0.3, -0.25) is 0 Å². The fraction of sp³-hybridized carbons (Fsp3) is 0.600. The van der Waals surface area contributed by atoms with Gasteiger partial charge in [0.1, 0.15) is 0 Å². The Morgan fingerprint density at radius 3 is 2.70 bits per heavy atom. The molecular weight excluding hydrogens is 272 g/mol. The van der Waals surface area contributed by atoms with Crippen molar-refractivity contribution >= 4 is 10.0 Å². The first-order valence-electron chi connectivity index (χ1n) is 7.19. The number of benzene rings is 1. The molecule has 1 fully saturated rings. The van der Waals surface area contributed by atoms with E-state index < -0.39 is 10.0 Å². The van der Waals surface area contributed by atoms with Gasteiger partial charge in [0.05, 0.1) is 4.90 Å². The van der Waals surface area contributed by atoms with Crippen molar-refractivity contribution < 1.29 is 8.42 Å². The van der Waals surface area contributed by atoms with Crippen LogP contribution in [-0.2, 0) is 16.6 Å². The van der Waals surface area contributed by atoms with Crippen molar-refractivity contribution in [2.24, 2.45) is 11.7 Å². The van der Waals surface area contributed by atoms with Crippen LogP contribution in [0.15, 0.2) is 23.1 Å². The summed E-state index contributed by atoms with van der Waals surface area (Å²) in [6.07, 6.45) is 2.02. The van der Waals surface area contributed by atoms with Gasteiger partial charge in [-0.2, -0.15) is 4.31 Å². The van der Waals surface area contributed by atoms with Gasteiger partial charge < -0.3 is 5.73 Å². The summed E-state index contributed by atoms with van der Waals surface area (Å²) in [4.78, 5) is 0.365. The molecule has 2 N–H and O–H groups in total. The van der Waals surface area contributed by atoms with Gasteiger partial charge in [0, 0.05) is 19.1 Å². The molecule has 0 spiro atoms. The highest BCUT2D eigenvalue weighted by atomic mass is 32.2. The highest BCUT2D eigenvalue weighted by Crippen LogP contribution is 2.29. The van der Waals surface area contributed by atoms with E-state index in [0.717, 1.165) is 24.0 Å². The van der Waals surface area contributed by atoms with Crippen molar-refractivity contribution in [1.29, 1.82) is 0 Å². The third-order valence-electron chi connectivity index (χ3n) is 4.46. The predicted molar refractivity (Wildman–Crippen MR) is 80.8 cm³/mol. The van der Waals surface area contributed by atoms with Crippen molar-refractivity contribution in [3.63, 3.8) is 0 Å². The van der Waals surface area contributed by atoms with Crippen molar-refractivity contribution in [3.8, 4) is 0 Å². The van der Waals surface area contributed by atoms with Crippen LogP contribution in [0.1, 0.15) is 37.8 Å². The van der Waals surface area contributed by atoms with Crippen molar-refractivity contribution in [2.75, 3.05) is 6.54 Å². The zero-order chi connectivity index (χ0) is 14.9. The Bertz CT molecular complexity index is 584. The second kappa shape index (κ2) is 5.84. The van der Waals surface area contributed by atoms with E-state index in [1.54, 1.807) is 16.4 Å². The molecule has 2 atom stereocenters. The van der Waals surface area contributed by atoms with E-state index >= 15 is 0 Å². The minimum absolute atomic E-state index is 0.0522. The average molecular weight is 296 g/mol. The first-order valence-corrected chi connectivity index (χ1v) is 8.63. The zero-order valence-electron chi connectivity index (χ0n) is 12.5. The molecular formula is C15H24N2O2S. The lowest BCUT2D eigenvalue weighted by Gasteiger charge is -2.36. The number of rotatable bonds is 3. The van der Waals surface area contributed by atoms with Crippen LogP contribution in [0.5, 0.6) is 0 Å². The third-order valence-corrected chi connectivity index (χ3v) is 6.45. The molecule has 0 saturated carbocycles. The SMILES string of the molecule is Cc1ccc(S(=O)(=O)N2CCCC(C)C2C)cc1CN. The van der Waals surface area contributed by atoms with E-state index in [1.165, 1.54) is 0 Å². The van der Waals surface area contributed by atoms with Gasteiger partial charge in [-0.05, 0) is 55.9 Å². The molecule has 2 rings (SSSR count). The lowest BCUT2D eigenvalue weighted by molar-refractivity contribution is 0.202. The van der Waals surface area contributed by atoms with Gasteiger partial charge in [-0.25, -0.2) is 8.42 Å². The van der Waals surface area contributed by atoms with Gasteiger partial charge in [0.25, 0.3) is 0 Å². The molecule has 1 aliphatic rings. The zero-order valence-corrected chi connectivity index (χ0v) is 13.3. The molecule has 1 aromatic rings. The van der Waals surface area contributed by atoms with Crippen molar-refractivity contribution in [3.05, 3.63) is 29.3 Å². The van der Waals surface area contributed by atoms with Crippen molar-refractivity contribution in [1.82, 2.24) is 4.31 Å². The van der Waals surface area contributed by atoms with Crippen LogP contribution in [0.4, 0.5) is 0 Å². The maximum Gasteiger partial charge on any atom is 0.243 e. The summed E-state index contributed by atoms with van der Waals surface area (Å²) >= 11 is 0. The summed E-state index contributed by atoms with van der Waals surface area (Å²) in [6.45, 7) is 7.04. The van der Waals surface area contributed by atoms with Gasteiger partial charge in [0.2, 0.25) is 10.0 Å². The molecule has 0 aliphatic carbocycles. The summed E-state index contributed by atoms with van der Waals surface area (Å²) in [5, 5.41) is 0. The number of sulfonamides is 1. The standard InChI is InChI=1S/C15H24N2O2S/c1-11-5-4-8-17(13(11)3)20(18,19)15-7-6-12(2)14(9-15)10-16/h6-7,9,11,13H,4-5,8,10,16H2,1-3H3. The first kappa shape index (κ1) is 15.5. The summed E-state index contributed by atoms with van der Waals surface area (Å²) in [6, 6.07) is 5.30. The number of hydrogen-bond donors (Lipinski definition) is 1. The van der Waals surface area contributed by atoms with Gasteiger partial charge in [-0.1, -0.05) is 13.0 Å². The molecule has 0 bridgehead atoms. The molecule has 1 saturated heterocycles. The molecule has 112 valence electrons. The first-order chi connectivity index (χ1) is 9.37. The molecule has 20 heavy (non-hydrogen) atoms. The molecule has 0 radical (unpaired) electrons. The van der Waals surface area contributed by atoms with Crippen LogP contribution in [0.25, 0.3) is 0 Å². The Morgan fingerprint density at radius 1 is 1.35 bits per heavy atom. The van der Waals surface area contributed by atoms with Gasteiger partial charge >= 0.3 is 0 Å². The van der Waals surface area contributed by atoms with E-state index in [4.69, 9.17) is 5.73 Å². The number of hydrogen-bond acceptors (Lipinski definition) is 3. The molecule has 1 heterocycles. The number of nitrogens with zero attached hydrogens (tertiary/aromatic N) is 1. The number of piperidine rings is 1. The number of nitrogens with two attached hydrogens (primary N) is 1. The topological polar surface area (TPSA) is 63.4 Å². The van der Waals surface area contributed by atoms with E-state index in [2.05, 4.69) is 6.92 Å².